The number of hydrogen-bond acceptors (Lipinski definition) is 2. The quantitative estimate of drug-likeness (QED) is 0.863. The average Bonchev–Trinajstić information content (AvgIpc) is 2.75. The summed E-state index contributed by atoms with van der Waals surface area (Å²) in [4.78, 5) is 11.9. The molecule has 2 N–H and O–H groups in total. The van der Waals surface area contributed by atoms with E-state index in [4.69, 9.17) is 0 Å². The van der Waals surface area contributed by atoms with Crippen LogP contribution in [0.25, 0.3) is 0 Å². The molecule has 1 aromatic carbocycles. The van der Waals surface area contributed by atoms with Gasteiger partial charge in [-0.1, -0.05) is 6.42 Å². The summed E-state index contributed by atoms with van der Waals surface area (Å²) in [6.07, 6.45) is 2.47. The normalized spacial score (nSPS) is 23.1. The van der Waals surface area contributed by atoms with Gasteiger partial charge in [0, 0.05) is 18.0 Å². The monoisotopic (exact) mass is 251 g/mol. The van der Waals surface area contributed by atoms with Gasteiger partial charge in [0.25, 0.3) is 5.91 Å². The van der Waals surface area contributed by atoms with Gasteiger partial charge in [0.15, 0.2) is 0 Å². The largest absolute Gasteiger partial charge is 0.393 e. The lowest BCUT2D eigenvalue weighted by Crippen LogP contribution is -2.32. The molecule has 3 nitrogen and oxygen atoms in total. The lowest BCUT2D eigenvalue weighted by Gasteiger charge is -2.15. The molecule has 1 aliphatic rings. The van der Waals surface area contributed by atoms with Crippen molar-refractivity contribution in [1.82, 2.24) is 5.32 Å². The van der Waals surface area contributed by atoms with E-state index >= 15 is 0 Å². The van der Waals surface area contributed by atoms with Crippen LogP contribution >= 0.6 is 0 Å². The van der Waals surface area contributed by atoms with Crippen LogP contribution in [0.15, 0.2) is 18.2 Å². The Bertz CT molecular complexity index is 447. The van der Waals surface area contributed by atoms with E-state index in [1.807, 2.05) is 0 Å². The fourth-order valence-corrected chi connectivity index (χ4v) is 2.37. The third-order valence-electron chi connectivity index (χ3n) is 3.56. The topological polar surface area (TPSA) is 49.3 Å². The molecule has 0 aromatic heterocycles. The van der Waals surface area contributed by atoms with Gasteiger partial charge in [0.1, 0.15) is 5.82 Å². The molecule has 0 bridgehead atoms. The Kier molecular flexibility index (Phi) is 3.97. The second kappa shape index (κ2) is 5.48. The summed E-state index contributed by atoms with van der Waals surface area (Å²) in [5, 5.41) is 12.4. The smallest absolute Gasteiger partial charge is 0.251 e. The first kappa shape index (κ1) is 13.0. The highest BCUT2D eigenvalue weighted by Gasteiger charge is 2.25. The Labute approximate surface area is 106 Å². The Hall–Kier alpha value is -1.42. The molecule has 0 saturated heterocycles. The molecule has 1 aliphatic carbocycles. The van der Waals surface area contributed by atoms with Crippen molar-refractivity contribution in [2.45, 2.75) is 32.3 Å². The van der Waals surface area contributed by atoms with Crippen molar-refractivity contribution in [3.8, 4) is 0 Å². The first-order valence-corrected chi connectivity index (χ1v) is 6.30. The van der Waals surface area contributed by atoms with E-state index in [1.54, 1.807) is 6.92 Å². The maximum Gasteiger partial charge on any atom is 0.251 e. The van der Waals surface area contributed by atoms with Crippen LogP contribution in [0, 0.1) is 18.7 Å². The van der Waals surface area contributed by atoms with Gasteiger partial charge in [0.2, 0.25) is 0 Å². The second-order valence-electron chi connectivity index (χ2n) is 4.93. The molecule has 2 rings (SSSR count). The molecule has 1 aromatic rings. The van der Waals surface area contributed by atoms with Crippen LogP contribution in [-0.4, -0.2) is 23.7 Å². The lowest BCUT2D eigenvalue weighted by atomic mass is 10.1. The highest BCUT2D eigenvalue weighted by atomic mass is 19.1. The van der Waals surface area contributed by atoms with Crippen LogP contribution < -0.4 is 5.32 Å². The van der Waals surface area contributed by atoms with Crippen LogP contribution in [0.2, 0.25) is 0 Å². The molecule has 0 aliphatic heterocycles. The van der Waals surface area contributed by atoms with Gasteiger partial charge in [0.05, 0.1) is 6.10 Å². The van der Waals surface area contributed by atoms with Crippen molar-refractivity contribution in [3.63, 3.8) is 0 Å². The molecule has 4 heteroatoms. The minimum Gasteiger partial charge on any atom is -0.393 e. The molecule has 1 saturated carbocycles. The van der Waals surface area contributed by atoms with E-state index in [0.29, 0.717) is 17.7 Å². The third kappa shape index (κ3) is 2.88. The van der Waals surface area contributed by atoms with Crippen molar-refractivity contribution < 1.29 is 14.3 Å². The number of hydrogen-bond donors (Lipinski definition) is 2. The Balaban J connectivity index is 1.93. The highest BCUT2D eigenvalue weighted by Crippen LogP contribution is 2.24. The van der Waals surface area contributed by atoms with Crippen molar-refractivity contribution in [3.05, 3.63) is 35.1 Å². The van der Waals surface area contributed by atoms with E-state index < -0.39 is 0 Å². The molecule has 1 amide bonds. The number of benzene rings is 1. The third-order valence-corrected chi connectivity index (χ3v) is 3.56. The van der Waals surface area contributed by atoms with Crippen LogP contribution in [0.5, 0.6) is 0 Å². The molecule has 2 atom stereocenters. The average molecular weight is 251 g/mol. The van der Waals surface area contributed by atoms with Crippen molar-refractivity contribution in [2.24, 2.45) is 5.92 Å². The number of nitrogens with one attached hydrogen (secondary N) is 1. The first-order valence-electron chi connectivity index (χ1n) is 6.30. The van der Waals surface area contributed by atoms with Crippen molar-refractivity contribution in [2.75, 3.05) is 6.54 Å². The molecule has 1 fully saturated rings. The number of aliphatic hydroxyl groups is 1. The zero-order chi connectivity index (χ0) is 13.1. The van der Waals surface area contributed by atoms with Crippen LogP contribution in [-0.2, 0) is 0 Å². The van der Waals surface area contributed by atoms with Gasteiger partial charge in [-0.2, -0.15) is 0 Å². The SMILES string of the molecule is Cc1cc(C(=O)NCC2CCCC2O)ccc1F. The van der Waals surface area contributed by atoms with E-state index in [9.17, 15) is 14.3 Å². The standard InChI is InChI=1S/C14H18FNO2/c1-9-7-10(5-6-12(9)15)14(18)16-8-11-3-2-4-13(11)17/h5-7,11,13,17H,2-4,8H2,1H3,(H,16,18). The summed E-state index contributed by atoms with van der Waals surface area (Å²) in [6.45, 7) is 2.11. The summed E-state index contributed by atoms with van der Waals surface area (Å²) in [7, 11) is 0. The number of carbonyl (C=O) groups is 1. The number of rotatable bonds is 3. The molecule has 0 spiro atoms. The van der Waals surface area contributed by atoms with Crippen molar-refractivity contribution in [1.29, 1.82) is 0 Å². The van der Waals surface area contributed by atoms with E-state index in [2.05, 4.69) is 5.32 Å². The maximum atomic E-state index is 13.1. The lowest BCUT2D eigenvalue weighted by molar-refractivity contribution is 0.0916. The van der Waals surface area contributed by atoms with Crippen LogP contribution in [0.3, 0.4) is 0 Å². The predicted octanol–water partition coefficient (Wildman–Crippen LogP) is 2.02. The van der Waals surface area contributed by atoms with Gasteiger partial charge < -0.3 is 10.4 Å². The fourth-order valence-electron chi connectivity index (χ4n) is 2.37. The van der Waals surface area contributed by atoms with Gasteiger partial charge in [-0.05, 0) is 43.5 Å². The van der Waals surface area contributed by atoms with E-state index in [0.717, 1.165) is 19.3 Å². The number of amides is 1. The fraction of sp³-hybridized carbons (Fsp3) is 0.500. The molecular formula is C14H18FNO2. The summed E-state index contributed by atoms with van der Waals surface area (Å²) in [5.41, 5.74) is 0.921. The number of aryl methyl sites for hydroxylation is 1. The van der Waals surface area contributed by atoms with Crippen LogP contribution in [0.4, 0.5) is 4.39 Å². The molecular weight excluding hydrogens is 233 g/mol. The van der Waals surface area contributed by atoms with Crippen LogP contribution in [0.1, 0.15) is 35.2 Å². The molecule has 0 heterocycles. The molecule has 0 radical (unpaired) electrons. The Morgan fingerprint density at radius 3 is 2.89 bits per heavy atom. The zero-order valence-corrected chi connectivity index (χ0v) is 10.4. The summed E-state index contributed by atoms with van der Waals surface area (Å²) >= 11 is 0. The van der Waals surface area contributed by atoms with E-state index in [-0.39, 0.29) is 23.7 Å². The highest BCUT2D eigenvalue weighted by molar-refractivity contribution is 5.94. The number of carbonyl (C=O) groups excluding carboxylic acids is 1. The van der Waals surface area contributed by atoms with Crippen molar-refractivity contribution >= 4 is 5.91 Å². The number of halogens is 1. The summed E-state index contributed by atoms with van der Waals surface area (Å²) < 4.78 is 13.1. The predicted molar refractivity (Wildman–Crippen MR) is 66.8 cm³/mol. The minimum absolute atomic E-state index is 0.149. The Morgan fingerprint density at radius 1 is 1.50 bits per heavy atom. The summed E-state index contributed by atoms with van der Waals surface area (Å²) in [6, 6.07) is 4.31. The number of aliphatic hydroxyl groups excluding tert-OH is 1. The van der Waals surface area contributed by atoms with Gasteiger partial charge >= 0.3 is 0 Å². The Morgan fingerprint density at radius 2 is 2.28 bits per heavy atom. The molecule has 18 heavy (non-hydrogen) atoms. The zero-order valence-electron chi connectivity index (χ0n) is 10.4. The van der Waals surface area contributed by atoms with Gasteiger partial charge in [-0.25, -0.2) is 4.39 Å². The summed E-state index contributed by atoms with van der Waals surface area (Å²) in [5.74, 6) is -0.370. The molecule has 98 valence electrons. The minimum atomic E-state index is -0.308. The maximum absolute atomic E-state index is 13.1. The second-order valence-corrected chi connectivity index (χ2v) is 4.93. The molecule has 2 unspecified atom stereocenters. The van der Waals surface area contributed by atoms with Gasteiger partial charge in [-0.15, -0.1) is 0 Å². The van der Waals surface area contributed by atoms with E-state index in [1.165, 1.54) is 18.2 Å². The van der Waals surface area contributed by atoms with Gasteiger partial charge in [-0.3, -0.25) is 4.79 Å². The first-order chi connectivity index (χ1) is 8.58.